The minimum atomic E-state index is -1.37. The predicted molar refractivity (Wildman–Crippen MR) is 82.8 cm³/mol. The molecule has 0 atom stereocenters. The molecule has 0 spiro atoms. The first kappa shape index (κ1) is 15.5. The number of piperidine rings is 1. The monoisotopic (exact) mass is 276 g/mol. The second-order valence-electron chi connectivity index (χ2n) is 6.10. The molecule has 1 fully saturated rings. The lowest BCUT2D eigenvalue weighted by Gasteiger charge is -2.33. The molecule has 0 aromatic heterocycles. The van der Waals surface area contributed by atoms with Crippen LogP contribution in [0, 0.1) is 5.92 Å². The number of hydrogen-bond donors (Lipinski definition) is 2. The molecule has 2 rings (SSSR count). The average Bonchev–Trinajstić information content (AvgIpc) is 2.41. The lowest BCUT2D eigenvalue weighted by molar-refractivity contribution is 0.157. The van der Waals surface area contributed by atoms with Gasteiger partial charge in [0.15, 0.2) is 0 Å². The van der Waals surface area contributed by atoms with Gasteiger partial charge in [0, 0.05) is 13.1 Å². The largest absolute Gasteiger partial charge is 0.488 e. The zero-order chi connectivity index (χ0) is 14.5. The molecule has 1 aliphatic rings. The molecule has 2 N–H and O–H groups in total. The van der Waals surface area contributed by atoms with E-state index >= 15 is 0 Å². The van der Waals surface area contributed by atoms with Crippen LogP contribution in [0.15, 0.2) is 24.3 Å². The highest BCUT2D eigenvalue weighted by Gasteiger charge is 2.20. The summed E-state index contributed by atoms with van der Waals surface area (Å²) in [7, 11) is 2.90. The Hall–Kier alpha value is -0.875. The van der Waals surface area contributed by atoms with Crippen LogP contribution in [0.1, 0.15) is 18.4 Å². The number of likely N-dealkylation sites (tertiary alicyclic amines) is 1. The molecular formula is C15H25BN2O2. The van der Waals surface area contributed by atoms with Gasteiger partial charge < -0.3 is 14.9 Å². The first-order valence-corrected chi connectivity index (χ1v) is 7.36. The van der Waals surface area contributed by atoms with Crippen LogP contribution in [0.3, 0.4) is 0 Å². The Morgan fingerprint density at radius 2 is 1.95 bits per heavy atom. The summed E-state index contributed by atoms with van der Waals surface area (Å²) in [4.78, 5) is 4.72. The van der Waals surface area contributed by atoms with Crippen molar-refractivity contribution < 1.29 is 10.0 Å². The minimum Gasteiger partial charge on any atom is -0.423 e. The van der Waals surface area contributed by atoms with Crippen molar-refractivity contribution in [1.82, 2.24) is 9.80 Å². The van der Waals surface area contributed by atoms with Gasteiger partial charge in [-0.15, -0.1) is 0 Å². The second-order valence-corrected chi connectivity index (χ2v) is 6.10. The molecule has 0 unspecified atom stereocenters. The van der Waals surface area contributed by atoms with Gasteiger partial charge in [0.25, 0.3) is 0 Å². The van der Waals surface area contributed by atoms with Crippen LogP contribution in [0.2, 0.25) is 0 Å². The summed E-state index contributed by atoms with van der Waals surface area (Å²) in [6.07, 6.45) is 2.50. The van der Waals surface area contributed by atoms with Gasteiger partial charge in [0.05, 0.1) is 0 Å². The molecule has 1 heterocycles. The Balaban J connectivity index is 1.85. The van der Waals surface area contributed by atoms with E-state index in [4.69, 9.17) is 0 Å². The maximum Gasteiger partial charge on any atom is 0.488 e. The topological polar surface area (TPSA) is 46.9 Å². The van der Waals surface area contributed by atoms with Gasteiger partial charge >= 0.3 is 7.12 Å². The molecule has 20 heavy (non-hydrogen) atoms. The third-order valence-electron chi connectivity index (χ3n) is 3.99. The summed E-state index contributed by atoms with van der Waals surface area (Å²) < 4.78 is 0. The van der Waals surface area contributed by atoms with E-state index in [1.54, 1.807) is 6.07 Å². The van der Waals surface area contributed by atoms with E-state index in [9.17, 15) is 10.0 Å². The Bertz CT molecular complexity index is 418. The van der Waals surface area contributed by atoms with Crippen molar-refractivity contribution in [3.63, 3.8) is 0 Å². The Morgan fingerprint density at radius 1 is 1.25 bits per heavy atom. The standard InChI is InChI=1S/C15H25BN2O2/c1-17(2)11-13-6-8-18(9-7-13)12-14-4-3-5-15(10-14)16(19)20/h3-5,10,13,19-20H,6-9,11-12H2,1-2H3. The Kier molecular flexibility index (Phi) is 5.60. The van der Waals surface area contributed by atoms with E-state index in [-0.39, 0.29) is 0 Å². The summed E-state index contributed by atoms with van der Waals surface area (Å²) in [5.74, 6) is 0.812. The molecule has 110 valence electrons. The molecule has 0 amide bonds. The number of benzene rings is 1. The molecule has 1 saturated heterocycles. The van der Waals surface area contributed by atoms with E-state index in [1.165, 1.54) is 19.4 Å². The van der Waals surface area contributed by atoms with Crippen LogP contribution in [-0.2, 0) is 6.54 Å². The van der Waals surface area contributed by atoms with Crippen molar-refractivity contribution in [2.45, 2.75) is 19.4 Å². The maximum absolute atomic E-state index is 9.21. The highest BCUT2D eigenvalue weighted by molar-refractivity contribution is 6.58. The maximum atomic E-state index is 9.21. The highest BCUT2D eigenvalue weighted by atomic mass is 16.4. The molecule has 1 aliphatic heterocycles. The third kappa shape index (κ3) is 4.60. The van der Waals surface area contributed by atoms with Crippen LogP contribution in [-0.4, -0.2) is 60.7 Å². The summed E-state index contributed by atoms with van der Waals surface area (Å²) in [5.41, 5.74) is 1.73. The van der Waals surface area contributed by atoms with Crippen molar-refractivity contribution in [3.05, 3.63) is 29.8 Å². The molecule has 0 radical (unpaired) electrons. The first-order valence-electron chi connectivity index (χ1n) is 7.36. The SMILES string of the molecule is CN(C)CC1CCN(Cc2cccc(B(O)O)c2)CC1. The number of nitrogens with zero attached hydrogens (tertiary/aromatic N) is 2. The highest BCUT2D eigenvalue weighted by Crippen LogP contribution is 2.19. The summed E-state index contributed by atoms with van der Waals surface area (Å²) in [5, 5.41) is 18.4. The van der Waals surface area contributed by atoms with Gasteiger partial charge in [-0.05, 0) is 57.0 Å². The van der Waals surface area contributed by atoms with Crippen LogP contribution < -0.4 is 5.46 Å². The molecule has 1 aromatic rings. The van der Waals surface area contributed by atoms with Gasteiger partial charge in [-0.25, -0.2) is 0 Å². The van der Waals surface area contributed by atoms with E-state index < -0.39 is 7.12 Å². The van der Waals surface area contributed by atoms with Gasteiger partial charge in [-0.1, -0.05) is 24.3 Å². The number of rotatable bonds is 5. The molecule has 4 nitrogen and oxygen atoms in total. The van der Waals surface area contributed by atoms with E-state index in [0.717, 1.165) is 31.1 Å². The van der Waals surface area contributed by atoms with E-state index in [0.29, 0.717) is 5.46 Å². The van der Waals surface area contributed by atoms with Crippen molar-refractivity contribution in [3.8, 4) is 0 Å². The van der Waals surface area contributed by atoms with Gasteiger partial charge in [0.1, 0.15) is 0 Å². The van der Waals surface area contributed by atoms with Gasteiger partial charge in [-0.2, -0.15) is 0 Å². The zero-order valence-corrected chi connectivity index (χ0v) is 12.5. The number of hydrogen-bond acceptors (Lipinski definition) is 4. The fourth-order valence-electron chi connectivity index (χ4n) is 2.95. The summed E-state index contributed by atoms with van der Waals surface area (Å²) >= 11 is 0. The van der Waals surface area contributed by atoms with Crippen LogP contribution in [0.4, 0.5) is 0 Å². The van der Waals surface area contributed by atoms with E-state index in [2.05, 4.69) is 30.0 Å². The van der Waals surface area contributed by atoms with Crippen LogP contribution >= 0.6 is 0 Å². The fraction of sp³-hybridized carbons (Fsp3) is 0.600. The van der Waals surface area contributed by atoms with E-state index in [1.807, 2.05) is 12.1 Å². The Labute approximate surface area is 122 Å². The lowest BCUT2D eigenvalue weighted by atomic mass is 9.79. The quantitative estimate of drug-likeness (QED) is 0.751. The smallest absolute Gasteiger partial charge is 0.423 e. The van der Waals surface area contributed by atoms with Gasteiger partial charge in [-0.3, -0.25) is 4.90 Å². The minimum absolute atomic E-state index is 0.574. The summed E-state index contributed by atoms with van der Waals surface area (Å²) in [6, 6.07) is 7.58. The van der Waals surface area contributed by atoms with Crippen LogP contribution in [0.5, 0.6) is 0 Å². The molecule has 1 aromatic carbocycles. The van der Waals surface area contributed by atoms with Crippen molar-refractivity contribution in [2.24, 2.45) is 5.92 Å². The third-order valence-corrected chi connectivity index (χ3v) is 3.99. The normalized spacial score (nSPS) is 17.6. The Morgan fingerprint density at radius 3 is 2.55 bits per heavy atom. The molecule has 0 saturated carbocycles. The molecule has 5 heteroatoms. The van der Waals surface area contributed by atoms with Crippen molar-refractivity contribution in [1.29, 1.82) is 0 Å². The van der Waals surface area contributed by atoms with Crippen molar-refractivity contribution >= 4 is 12.6 Å². The fourth-order valence-corrected chi connectivity index (χ4v) is 2.95. The average molecular weight is 276 g/mol. The zero-order valence-electron chi connectivity index (χ0n) is 12.5. The second kappa shape index (κ2) is 7.22. The summed E-state index contributed by atoms with van der Waals surface area (Å²) in [6.45, 7) is 4.34. The van der Waals surface area contributed by atoms with Crippen LogP contribution in [0.25, 0.3) is 0 Å². The molecular weight excluding hydrogens is 251 g/mol. The van der Waals surface area contributed by atoms with Crippen molar-refractivity contribution in [2.75, 3.05) is 33.7 Å². The molecule has 0 aliphatic carbocycles. The predicted octanol–water partition coefficient (Wildman–Crippen LogP) is 0.140. The molecule has 0 bridgehead atoms. The lowest BCUT2D eigenvalue weighted by Crippen LogP contribution is -2.37. The van der Waals surface area contributed by atoms with Gasteiger partial charge in [0.2, 0.25) is 0 Å². The first-order chi connectivity index (χ1) is 9.54.